The van der Waals surface area contributed by atoms with Crippen LogP contribution < -0.4 is 10.6 Å². The highest BCUT2D eigenvalue weighted by Crippen LogP contribution is 2.25. The van der Waals surface area contributed by atoms with E-state index in [1.165, 1.54) is 12.0 Å². The van der Waals surface area contributed by atoms with Gasteiger partial charge < -0.3 is 25.0 Å². The van der Waals surface area contributed by atoms with Gasteiger partial charge in [-0.2, -0.15) is 0 Å². The molecule has 0 aliphatic rings. The van der Waals surface area contributed by atoms with E-state index < -0.39 is 35.5 Å². The fourth-order valence-corrected chi connectivity index (χ4v) is 2.85. The second-order valence-electron chi connectivity index (χ2n) is 7.87. The van der Waals surface area contributed by atoms with E-state index in [1.54, 1.807) is 45.0 Å². The zero-order chi connectivity index (χ0) is 24.3. The molecular weight excluding hydrogens is 414 g/mol. The van der Waals surface area contributed by atoms with E-state index in [2.05, 4.69) is 21.3 Å². The van der Waals surface area contributed by atoms with E-state index in [1.807, 2.05) is 6.92 Å². The zero-order valence-corrected chi connectivity index (χ0v) is 19.2. The Balaban J connectivity index is 3.22. The van der Waals surface area contributed by atoms with Gasteiger partial charge in [0.25, 0.3) is 0 Å². The summed E-state index contributed by atoms with van der Waals surface area (Å²) in [7, 11) is 1.20. The Morgan fingerprint density at radius 3 is 2.34 bits per heavy atom. The van der Waals surface area contributed by atoms with Gasteiger partial charge in [-0.15, -0.1) is 6.42 Å². The number of alkyl carbamates (subject to hydrolysis) is 1. The molecule has 0 aliphatic carbocycles. The second-order valence-corrected chi connectivity index (χ2v) is 7.87. The first-order valence-electron chi connectivity index (χ1n) is 10.2. The number of carbonyl (C=O) groups excluding carboxylic acids is 4. The first kappa shape index (κ1) is 26.5. The highest BCUT2D eigenvalue weighted by atomic mass is 16.6. The molecule has 2 N–H and O–H groups in total. The van der Waals surface area contributed by atoms with Crippen molar-refractivity contribution >= 4 is 23.9 Å². The van der Waals surface area contributed by atoms with Gasteiger partial charge >= 0.3 is 12.1 Å². The number of nitrogens with one attached hydrogen (secondary N) is 2. The predicted molar refractivity (Wildman–Crippen MR) is 118 cm³/mol. The monoisotopic (exact) mass is 445 g/mol. The molecular formula is C23H31N3O6. The summed E-state index contributed by atoms with van der Waals surface area (Å²) in [5.74, 6) is 0.772. The summed E-state index contributed by atoms with van der Waals surface area (Å²) < 4.78 is 9.72. The van der Waals surface area contributed by atoms with Crippen molar-refractivity contribution in [2.75, 3.05) is 26.7 Å². The normalized spacial score (nSPS) is 11.5. The lowest BCUT2D eigenvalue weighted by atomic mass is 9.98. The number of rotatable bonds is 9. The van der Waals surface area contributed by atoms with Crippen molar-refractivity contribution in [2.45, 2.75) is 45.8 Å². The van der Waals surface area contributed by atoms with Crippen molar-refractivity contribution in [3.63, 3.8) is 0 Å². The van der Waals surface area contributed by atoms with Crippen LogP contribution in [0.25, 0.3) is 0 Å². The molecule has 9 heteroatoms. The number of esters is 1. The van der Waals surface area contributed by atoms with Crippen LogP contribution in [-0.4, -0.2) is 61.1 Å². The summed E-state index contributed by atoms with van der Waals surface area (Å²) in [5.41, 5.74) is 0.134. The molecule has 1 unspecified atom stereocenters. The van der Waals surface area contributed by atoms with Gasteiger partial charge in [0.1, 0.15) is 24.7 Å². The largest absolute Gasteiger partial charge is 0.468 e. The maximum Gasteiger partial charge on any atom is 0.408 e. The molecule has 0 radical (unpaired) electrons. The molecule has 9 nitrogen and oxygen atoms in total. The molecule has 1 aromatic carbocycles. The number of ether oxygens (including phenoxy) is 2. The maximum atomic E-state index is 13.1. The number of carbonyl (C=O) groups is 4. The number of benzene rings is 1. The van der Waals surface area contributed by atoms with Gasteiger partial charge in [-0.1, -0.05) is 31.0 Å². The minimum atomic E-state index is -1.11. The SMILES string of the molecule is C#Cc1ccccc1C(C(=O)NCC(=O)OC)N(CCC)C(=O)CNC(=O)OC(C)(C)C. The lowest BCUT2D eigenvalue weighted by Crippen LogP contribution is -2.49. The highest BCUT2D eigenvalue weighted by molar-refractivity contribution is 5.92. The van der Waals surface area contributed by atoms with Gasteiger partial charge in [0, 0.05) is 12.1 Å². The second kappa shape index (κ2) is 12.3. The molecule has 0 spiro atoms. The molecule has 0 saturated heterocycles. The molecule has 1 rings (SSSR count). The zero-order valence-electron chi connectivity index (χ0n) is 19.2. The summed E-state index contributed by atoms with van der Waals surface area (Å²) in [6.45, 7) is 6.42. The van der Waals surface area contributed by atoms with Gasteiger partial charge in [-0.3, -0.25) is 14.4 Å². The number of hydrogen-bond donors (Lipinski definition) is 2. The average Bonchev–Trinajstić information content (AvgIpc) is 2.74. The number of nitrogens with zero attached hydrogens (tertiary/aromatic N) is 1. The van der Waals surface area contributed by atoms with Crippen LogP contribution in [0.5, 0.6) is 0 Å². The highest BCUT2D eigenvalue weighted by Gasteiger charge is 2.33. The van der Waals surface area contributed by atoms with Crippen molar-refractivity contribution < 1.29 is 28.7 Å². The quantitative estimate of drug-likeness (QED) is 0.442. The predicted octanol–water partition coefficient (Wildman–Crippen LogP) is 1.76. The van der Waals surface area contributed by atoms with Crippen LogP contribution in [0, 0.1) is 12.3 Å². The molecule has 0 fully saturated rings. The smallest absolute Gasteiger partial charge is 0.408 e. The van der Waals surface area contributed by atoms with Crippen molar-refractivity contribution in [1.82, 2.24) is 15.5 Å². The van der Waals surface area contributed by atoms with E-state index in [-0.39, 0.29) is 19.6 Å². The first-order chi connectivity index (χ1) is 15.0. The standard InChI is InChI=1S/C23H31N3O6/c1-7-13-26(18(27)14-25-22(30)32-23(3,4)5)20(21(29)24-15-19(28)31-6)17-12-10-9-11-16(17)8-2/h2,9-12,20H,7,13-15H2,1,3-6H3,(H,24,29)(H,25,30). The van der Waals surface area contributed by atoms with Crippen LogP contribution in [0.3, 0.4) is 0 Å². The van der Waals surface area contributed by atoms with Crippen LogP contribution in [0.1, 0.15) is 51.3 Å². The molecule has 0 bridgehead atoms. The van der Waals surface area contributed by atoms with Crippen molar-refractivity contribution in [3.8, 4) is 12.3 Å². The van der Waals surface area contributed by atoms with Crippen LogP contribution in [0.4, 0.5) is 4.79 Å². The Morgan fingerprint density at radius 2 is 1.78 bits per heavy atom. The summed E-state index contributed by atoms with van der Waals surface area (Å²) in [5, 5.41) is 4.90. The Bertz CT molecular complexity index is 869. The number of hydrogen-bond acceptors (Lipinski definition) is 6. The van der Waals surface area contributed by atoms with Crippen molar-refractivity contribution in [3.05, 3.63) is 35.4 Å². The minimum absolute atomic E-state index is 0.212. The van der Waals surface area contributed by atoms with Gasteiger partial charge in [0.15, 0.2) is 0 Å². The van der Waals surface area contributed by atoms with Crippen LogP contribution in [0.15, 0.2) is 24.3 Å². The Labute approximate surface area is 188 Å². The van der Waals surface area contributed by atoms with E-state index in [9.17, 15) is 19.2 Å². The molecule has 0 aliphatic heterocycles. The summed E-state index contributed by atoms with van der Waals surface area (Å²) in [4.78, 5) is 50.9. The summed E-state index contributed by atoms with van der Waals surface area (Å²) >= 11 is 0. The van der Waals surface area contributed by atoms with E-state index in [0.29, 0.717) is 17.5 Å². The maximum absolute atomic E-state index is 13.1. The van der Waals surface area contributed by atoms with Gasteiger partial charge in [-0.05, 0) is 38.8 Å². The molecule has 1 aromatic rings. The van der Waals surface area contributed by atoms with E-state index in [4.69, 9.17) is 11.2 Å². The van der Waals surface area contributed by atoms with Crippen molar-refractivity contribution in [1.29, 1.82) is 0 Å². The number of methoxy groups -OCH3 is 1. The molecule has 32 heavy (non-hydrogen) atoms. The van der Waals surface area contributed by atoms with Gasteiger partial charge in [-0.25, -0.2) is 4.79 Å². The third kappa shape index (κ3) is 8.30. The molecule has 174 valence electrons. The van der Waals surface area contributed by atoms with Crippen LogP contribution in [0.2, 0.25) is 0 Å². The molecule has 1 atom stereocenters. The topological polar surface area (TPSA) is 114 Å². The van der Waals surface area contributed by atoms with Crippen LogP contribution >= 0.6 is 0 Å². The molecule has 0 heterocycles. The third-order valence-corrected chi connectivity index (χ3v) is 4.17. The fourth-order valence-electron chi connectivity index (χ4n) is 2.85. The molecule has 3 amide bonds. The summed E-state index contributed by atoms with van der Waals surface area (Å²) in [6, 6.07) is 5.61. The molecule has 0 saturated carbocycles. The summed E-state index contributed by atoms with van der Waals surface area (Å²) in [6.07, 6.45) is 5.39. The number of amides is 3. The Kier molecular flexibility index (Phi) is 10.2. The first-order valence-corrected chi connectivity index (χ1v) is 10.2. The Morgan fingerprint density at radius 1 is 1.12 bits per heavy atom. The number of terminal acetylenes is 1. The Hall–Kier alpha value is -3.54. The average molecular weight is 446 g/mol. The van der Waals surface area contributed by atoms with E-state index in [0.717, 1.165) is 0 Å². The minimum Gasteiger partial charge on any atom is -0.468 e. The van der Waals surface area contributed by atoms with Gasteiger partial charge in [0.05, 0.1) is 7.11 Å². The van der Waals surface area contributed by atoms with Gasteiger partial charge in [0.2, 0.25) is 11.8 Å². The van der Waals surface area contributed by atoms with Crippen molar-refractivity contribution in [2.24, 2.45) is 0 Å². The van der Waals surface area contributed by atoms with E-state index >= 15 is 0 Å². The third-order valence-electron chi connectivity index (χ3n) is 4.17. The van der Waals surface area contributed by atoms with Crippen LogP contribution in [-0.2, 0) is 23.9 Å². The lowest BCUT2D eigenvalue weighted by Gasteiger charge is -2.32. The lowest BCUT2D eigenvalue weighted by molar-refractivity contribution is -0.143. The fraction of sp³-hybridized carbons (Fsp3) is 0.478. The molecule has 0 aromatic heterocycles.